The second-order valence-corrected chi connectivity index (χ2v) is 4.44. The van der Waals surface area contributed by atoms with Gasteiger partial charge in [-0.3, -0.25) is 0 Å². The zero-order valence-electron chi connectivity index (χ0n) is 10.6. The van der Waals surface area contributed by atoms with Crippen LogP contribution in [0.15, 0.2) is 18.2 Å². The Morgan fingerprint density at radius 2 is 2.18 bits per heavy atom. The molecule has 0 radical (unpaired) electrons. The summed E-state index contributed by atoms with van der Waals surface area (Å²) in [5, 5.41) is 4.02. The predicted molar refractivity (Wildman–Crippen MR) is 71.0 cm³/mol. The number of benzene rings is 1. The van der Waals surface area contributed by atoms with Gasteiger partial charge in [0.2, 0.25) is 0 Å². The van der Waals surface area contributed by atoms with Crippen LogP contribution in [-0.2, 0) is 4.74 Å². The molecule has 0 spiro atoms. The van der Waals surface area contributed by atoms with Crippen molar-refractivity contribution in [3.63, 3.8) is 0 Å². The van der Waals surface area contributed by atoms with E-state index in [4.69, 9.17) is 21.1 Å². The highest BCUT2D eigenvalue weighted by molar-refractivity contribution is 6.31. The minimum Gasteiger partial charge on any atom is -0.489 e. The van der Waals surface area contributed by atoms with Gasteiger partial charge in [0.25, 0.3) is 0 Å². The number of methoxy groups -OCH3 is 1. The first kappa shape index (κ1) is 14.3. The third-order valence-electron chi connectivity index (χ3n) is 2.38. The molecular weight excluding hydrogens is 238 g/mol. The van der Waals surface area contributed by atoms with Gasteiger partial charge in [-0.15, -0.1) is 0 Å². The summed E-state index contributed by atoms with van der Waals surface area (Å²) in [5.74, 6) is 0.855. The summed E-state index contributed by atoms with van der Waals surface area (Å²) in [7, 11) is 1.69. The van der Waals surface area contributed by atoms with E-state index in [1.807, 2.05) is 32.0 Å². The van der Waals surface area contributed by atoms with Crippen molar-refractivity contribution in [2.75, 3.05) is 26.8 Å². The summed E-state index contributed by atoms with van der Waals surface area (Å²) in [6.45, 7) is 6.35. The summed E-state index contributed by atoms with van der Waals surface area (Å²) in [5.41, 5.74) is 1.03. The number of rotatable bonds is 7. The van der Waals surface area contributed by atoms with Gasteiger partial charge < -0.3 is 14.8 Å². The highest BCUT2D eigenvalue weighted by atomic mass is 35.5. The van der Waals surface area contributed by atoms with Crippen molar-refractivity contribution < 1.29 is 9.47 Å². The minimum absolute atomic E-state index is 0.118. The quantitative estimate of drug-likeness (QED) is 0.762. The van der Waals surface area contributed by atoms with Crippen LogP contribution in [0.2, 0.25) is 5.02 Å². The molecule has 0 aliphatic heterocycles. The van der Waals surface area contributed by atoms with E-state index in [1.165, 1.54) is 0 Å². The largest absolute Gasteiger partial charge is 0.489 e. The molecule has 0 aromatic heterocycles. The highest BCUT2D eigenvalue weighted by Gasteiger charge is 2.04. The molecule has 1 aromatic carbocycles. The smallest absolute Gasteiger partial charge is 0.120 e. The molecule has 96 valence electrons. The highest BCUT2D eigenvalue weighted by Crippen LogP contribution is 2.21. The lowest BCUT2D eigenvalue weighted by atomic mass is 10.2. The predicted octanol–water partition coefficient (Wildman–Crippen LogP) is 2.65. The Bertz CT molecular complexity index is 344. The number of ether oxygens (including phenoxy) is 2. The number of hydrogen-bond donors (Lipinski definition) is 1. The topological polar surface area (TPSA) is 30.5 Å². The van der Waals surface area contributed by atoms with Gasteiger partial charge >= 0.3 is 0 Å². The van der Waals surface area contributed by atoms with Gasteiger partial charge in [-0.05, 0) is 37.6 Å². The normalized spacial score (nSPS) is 12.5. The summed E-state index contributed by atoms with van der Waals surface area (Å²) in [6.07, 6.45) is 0.118. The molecule has 0 fully saturated rings. The van der Waals surface area contributed by atoms with Crippen LogP contribution in [0.3, 0.4) is 0 Å². The van der Waals surface area contributed by atoms with E-state index >= 15 is 0 Å². The van der Waals surface area contributed by atoms with Gasteiger partial charge in [0, 0.05) is 25.2 Å². The van der Waals surface area contributed by atoms with Crippen molar-refractivity contribution in [3.05, 3.63) is 28.8 Å². The third kappa shape index (κ3) is 5.39. The van der Waals surface area contributed by atoms with Crippen molar-refractivity contribution in [3.8, 4) is 5.75 Å². The second kappa shape index (κ2) is 7.54. The Morgan fingerprint density at radius 3 is 2.82 bits per heavy atom. The maximum atomic E-state index is 5.95. The number of nitrogens with one attached hydrogen (secondary N) is 1. The fraction of sp³-hybridized carbons (Fsp3) is 0.538. The summed E-state index contributed by atoms with van der Waals surface area (Å²) >= 11 is 5.95. The monoisotopic (exact) mass is 257 g/mol. The number of halogens is 1. The fourth-order valence-electron chi connectivity index (χ4n) is 1.44. The van der Waals surface area contributed by atoms with Crippen molar-refractivity contribution in [2.45, 2.75) is 20.0 Å². The Balaban J connectivity index is 2.34. The van der Waals surface area contributed by atoms with Gasteiger partial charge in [0.05, 0.1) is 6.61 Å². The van der Waals surface area contributed by atoms with E-state index in [-0.39, 0.29) is 6.10 Å². The maximum Gasteiger partial charge on any atom is 0.120 e. The first-order valence-corrected chi connectivity index (χ1v) is 6.13. The molecule has 0 aliphatic rings. The number of aryl methyl sites for hydroxylation is 1. The van der Waals surface area contributed by atoms with Crippen LogP contribution < -0.4 is 10.1 Å². The van der Waals surface area contributed by atoms with Crippen molar-refractivity contribution >= 4 is 11.6 Å². The molecule has 17 heavy (non-hydrogen) atoms. The molecule has 0 saturated heterocycles. The molecule has 3 nitrogen and oxygen atoms in total. The first-order valence-electron chi connectivity index (χ1n) is 5.76. The maximum absolute atomic E-state index is 5.95. The molecule has 0 amide bonds. The standard InChI is InChI=1S/C13H20ClNO2/c1-10-8-12(4-5-13(10)14)17-11(2)9-15-6-7-16-3/h4-5,8,11,15H,6-7,9H2,1-3H3. The molecule has 1 rings (SSSR count). The van der Waals surface area contributed by atoms with Crippen LogP contribution in [0.25, 0.3) is 0 Å². The van der Waals surface area contributed by atoms with Gasteiger partial charge in [-0.1, -0.05) is 11.6 Å². The van der Waals surface area contributed by atoms with E-state index in [0.29, 0.717) is 6.61 Å². The van der Waals surface area contributed by atoms with Crippen LogP contribution in [0.5, 0.6) is 5.75 Å². The Kier molecular flexibility index (Phi) is 6.34. The van der Waals surface area contributed by atoms with E-state index < -0.39 is 0 Å². The van der Waals surface area contributed by atoms with E-state index in [1.54, 1.807) is 7.11 Å². The lowest BCUT2D eigenvalue weighted by Gasteiger charge is -2.16. The van der Waals surface area contributed by atoms with Gasteiger partial charge in [-0.2, -0.15) is 0 Å². The minimum atomic E-state index is 0.118. The summed E-state index contributed by atoms with van der Waals surface area (Å²) < 4.78 is 10.7. The molecule has 0 heterocycles. The molecule has 0 aliphatic carbocycles. The second-order valence-electron chi connectivity index (χ2n) is 4.04. The molecule has 1 aromatic rings. The first-order chi connectivity index (χ1) is 8.13. The number of hydrogen-bond acceptors (Lipinski definition) is 3. The van der Waals surface area contributed by atoms with Crippen LogP contribution in [0, 0.1) is 6.92 Å². The Morgan fingerprint density at radius 1 is 1.41 bits per heavy atom. The Labute approximate surface area is 108 Å². The average molecular weight is 258 g/mol. The summed E-state index contributed by atoms with van der Waals surface area (Å²) in [4.78, 5) is 0. The SMILES string of the molecule is COCCNCC(C)Oc1ccc(Cl)c(C)c1. The zero-order chi connectivity index (χ0) is 12.7. The van der Waals surface area contributed by atoms with Crippen LogP contribution >= 0.6 is 11.6 Å². The summed E-state index contributed by atoms with van der Waals surface area (Å²) in [6, 6.07) is 5.70. The van der Waals surface area contributed by atoms with Gasteiger partial charge in [0.1, 0.15) is 11.9 Å². The van der Waals surface area contributed by atoms with Crippen LogP contribution in [-0.4, -0.2) is 32.9 Å². The molecule has 0 saturated carbocycles. The lowest BCUT2D eigenvalue weighted by Crippen LogP contribution is -2.31. The molecule has 0 bridgehead atoms. The molecule has 4 heteroatoms. The van der Waals surface area contributed by atoms with Crippen molar-refractivity contribution in [1.29, 1.82) is 0 Å². The molecular formula is C13H20ClNO2. The average Bonchev–Trinajstić information content (AvgIpc) is 2.30. The lowest BCUT2D eigenvalue weighted by molar-refractivity contribution is 0.184. The van der Waals surface area contributed by atoms with E-state index in [2.05, 4.69) is 5.32 Å². The molecule has 1 atom stereocenters. The van der Waals surface area contributed by atoms with E-state index in [9.17, 15) is 0 Å². The van der Waals surface area contributed by atoms with Crippen molar-refractivity contribution in [1.82, 2.24) is 5.32 Å². The fourth-order valence-corrected chi connectivity index (χ4v) is 1.56. The van der Waals surface area contributed by atoms with Gasteiger partial charge in [0.15, 0.2) is 0 Å². The molecule has 1 unspecified atom stereocenters. The van der Waals surface area contributed by atoms with Crippen LogP contribution in [0.4, 0.5) is 0 Å². The van der Waals surface area contributed by atoms with Gasteiger partial charge in [-0.25, -0.2) is 0 Å². The molecule has 1 N–H and O–H groups in total. The van der Waals surface area contributed by atoms with E-state index in [0.717, 1.165) is 29.4 Å². The zero-order valence-corrected chi connectivity index (χ0v) is 11.4. The van der Waals surface area contributed by atoms with Crippen LogP contribution in [0.1, 0.15) is 12.5 Å². The Hall–Kier alpha value is -0.770. The third-order valence-corrected chi connectivity index (χ3v) is 2.81. The van der Waals surface area contributed by atoms with Crippen molar-refractivity contribution in [2.24, 2.45) is 0 Å².